The van der Waals surface area contributed by atoms with E-state index in [1.165, 1.54) is 0 Å². The normalized spacial score (nSPS) is 26.5. The molecule has 1 aliphatic heterocycles. The monoisotopic (exact) mass is 439 g/mol. The van der Waals surface area contributed by atoms with Crippen LogP contribution in [0.25, 0.3) is 5.57 Å². The second-order valence-electron chi connectivity index (χ2n) is 8.87. The smallest absolute Gasteiger partial charge is 0.304 e. The van der Waals surface area contributed by atoms with Gasteiger partial charge in [0.05, 0.1) is 11.8 Å². The Kier molecular flexibility index (Phi) is 6.24. The minimum atomic E-state index is -0.855. The van der Waals surface area contributed by atoms with E-state index in [0.29, 0.717) is 29.7 Å². The van der Waals surface area contributed by atoms with Gasteiger partial charge in [-0.15, -0.1) is 0 Å². The van der Waals surface area contributed by atoms with E-state index >= 15 is 4.39 Å². The lowest BCUT2D eigenvalue weighted by molar-refractivity contribution is -0.138. The van der Waals surface area contributed by atoms with Crippen LogP contribution in [0.1, 0.15) is 57.1 Å². The first-order chi connectivity index (χ1) is 15.4. The number of carbonyl (C=O) groups is 1. The zero-order chi connectivity index (χ0) is 22.9. The van der Waals surface area contributed by atoms with E-state index in [0.717, 1.165) is 29.9 Å². The third kappa shape index (κ3) is 3.99. The van der Waals surface area contributed by atoms with Gasteiger partial charge in [-0.1, -0.05) is 37.3 Å². The van der Waals surface area contributed by atoms with Crippen LogP contribution in [0.2, 0.25) is 0 Å². The van der Waals surface area contributed by atoms with E-state index in [1.807, 2.05) is 24.3 Å². The maximum absolute atomic E-state index is 15.2. The first-order valence-corrected chi connectivity index (χ1v) is 11.2. The molecular formula is C26H30FNO4. The van der Waals surface area contributed by atoms with Crippen molar-refractivity contribution < 1.29 is 23.8 Å². The standard InChI is InChI=1S/C26H30FNO4/c1-3-7-18-14-26(2)22(32-21-11-5-4-8-16(21)12-23(29)30)13-20(25(26)31-18)19-10-6-9-17(15-28)24(19)27/h4-6,9-11,14,16,22H,3,7-8,12-13,15,28H2,1-2H3,(H,29,30)/t16?,22?,26-/m1/s1. The van der Waals surface area contributed by atoms with Crippen LogP contribution >= 0.6 is 0 Å². The molecule has 0 aromatic heterocycles. The Morgan fingerprint density at radius 1 is 1.41 bits per heavy atom. The summed E-state index contributed by atoms with van der Waals surface area (Å²) in [6.07, 6.45) is 10.3. The maximum atomic E-state index is 15.2. The number of ether oxygens (including phenoxy) is 2. The van der Waals surface area contributed by atoms with E-state index in [9.17, 15) is 9.90 Å². The lowest BCUT2D eigenvalue weighted by Gasteiger charge is -2.31. The van der Waals surface area contributed by atoms with E-state index in [-0.39, 0.29) is 30.8 Å². The summed E-state index contributed by atoms with van der Waals surface area (Å²) in [7, 11) is 0. The lowest BCUT2D eigenvalue weighted by Crippen LogP contribution is -2.30. The van der Waals surface area contributed by atoms with Crippen LogP contribution in [0, 0.1) is 17.2 Å². The number of aliphatic carboxylic acids is 1. The molecule has 1 heterocycles. The van der Waals surface area contributed by atoms with Crippen LogP contribution in [-0.4, -0.2) is 17.2 Å². The number of fused-ring (bicyclic) bond motifs is 1. The quantitative estimate of drug-likeness (QED) is 0.564. The molecule has 5 nitrogen and oxygen atoms in total. The van der Waals surface area contributed by atoms with Gasteiger partial charge in [0, 0.05) is 42.0 Å². The Balaban J connectivity index is 1.71. The molecule has 2 unspecified atom stereocenters. The zero-order valence-corrected chi connectivity index (χ0v) is 18.6. The molecule has 3 aliphatic rings. The fraction of sp³-hybridized carbons (Fsp3) is 0.423. The van der Waals surface area contributed by atoms with Crippen LogP contribution in [0.3, 0.4) is 0 Å². The van der Waals surface area contributed by atoms with Crippen LogP contribution in [-0.2, 0) is 20.8 Å². The number of benzene rings is 1. The molecule has 0 fully saturated rings. The molecule has 170 valence electrons. The summed E-state index contributed by atoms with van der Waals surface area (Å²) in [4.78, 5) is 11.3. The SMILES string of the molecule is CCCC1=C[C@@]2(C)C(=C(c3cccc(CN)c3F)CC2OC2=CC=CCC2CC(=O)O)O1. The number of rotatable bonds is 8. The largest absolute Gasteiger partial charge is 0.493 e. The Labute approximate surface area is 188 Å². The second kappa shape index (κ2) is 8.94. The van der Waals surface area contributed by atoms with E-state index in [4.69, 9.17) is 15.2 Å². The number of carboxylic acid groups (broad SMARTS) is 1. The van der Waals surface area contributed by atoms with Gasteiger partial charge in [-0.2, -0.15) is 0 Å². The van der Waals surface area contributed by atoms with Gasteiger partial charge >= 0.3 is 5.97 Å². The van der Waals surface area contributed by atoms with Crippen molar-refractivity contribution in [2.75, 3.05) is 0 Å². The predicted molar refractivity (Wildman–Crippen MR) is 120 cm³/mol. The number of hydrogen-bond acceptors (Lipinski definition) is 4. The molecule has 1 aromatic rings. The molecular weight excluding hydrogens is 409 g/mol. The van der Waals surface area contributed by atoms with Gasteiger partial charge in [-0.3, -0.25) is 4.79 Å². The number of allylic oxidation sites excluding steroid dienone is 5. The summed E-state index contributed by atoms with van der Waals surface area (Å²) in [5.41, 5.74) is 6.92. The second-order valence-corrected chi connectivity index (χ2v) is 8.87. The Bertz CT molecular complexity index is 1040. The van der Waals surface area contributed by atoms with Crippen molar-refractivity contribution in [2.24, 2.45) is 17.1 Å². The molecule has 32 heavy (non-hydrogen) atoms. The summed E-state index contributed by atoms with van der Waals surface area (Å²) in [6, 6.07) is 5.27. The topological polar surface area (TPSA) is 81.8 Å². The van der Waals surface area contributed by atoms with E-state index in [2.05, 4.69) is 19.9 Å². The van der Waals surface area contributed by atoms with Crippen molar-refractivity contribution in [3.8, 4) is 0 Å². The van der Waals surface area contributed by atoms with Gasteiger partial charge in [0.2, 0.25) is 0 Å². The van der Waals surface area contributed by atoms with Gasteiger partial charge in [-0.05, 0) is 31.9 Å². The Morgan fingerprint density at radius 2 is 2.22 bits per heavy atom. The summed E-state index contributed by atoms with van der Waals surface area (Å²) in [6.45, 7) is 4.26. The van der Waals surface area contributed by atoms with Crippen molar-refractivity contribution in [2.45, 2.75) is 58.6 Å². The van der Waals surface area contributed by atoms with Crippen molar-refractivity contribution >= 4 is 11.5 Å². The van der Waals surface area contributed by atoms with Crippen LogP contribution in [0.4, 0.5) is 4.39 Å². The fourth-order valence-electron chi connectivity index (χ4n) is 4.88. The minimum Gasteiger partial charge on any atom is -0.493 e. The van der Waals surface area contributed by atoms with Gasteiger partial charge in [0.1, 0.15) is 29.2 Å². The fourth-order valence-corrected chi connectivity index (χ4v) is 4.88. The molecule has 2 aliphatic carbocycles. The predicted octanol–water partition coefficient (Wildman–Crippen LogP) is 5.44. The highest BCUT2D eigenvalue weighted by Crippen LogP contribution is 2.56. The molecule has 0 saturated carbocycles. The highest BCUT2D eigenvalue weighted by atomic mass is 19.1. The average Bonchev–Trinajstić information content (AvgIpc) is 3.21. The number of hydrogen-bond donors (Lipinski definition) is 2. The van der Waals surface area contributed by atoms with Crippen molar-refractivity contribution in [1.29, 1.82) is 0 Å². The van der Waals surface area contributed by atoms with Gasteiger partial charge in [0.25, 0.3) is 0 Å². The van der Waals surface area contributed by atoms with E-state index in [1.54, 1.807) is 12.1 Å². The third-order valence-corrected chi connectivity index (χ3v) is 6.55. The summed E-state index contributed by atoms with van der Waals surface area (Å²) < 4.78 is 28.0. The van der Waals surface area contributed by atoms with Crippen molar-refractivity contribution in [3.05, 3.63) is 76.7 Å². The third-order valence-electron chi connectivity index (χ3n) is 6.55. The Hall–Kier alpha value is -2.86. The summed E-state index contributed by atoms with van der Waals surface area (Å²) in [5, 5.41) is 9.31. The first-order valence-electron chi connectivity index (χ1n) is 11.2. The lowest BCUT2D eigenvalue weighted by atomic mass is 9.85. The highest BCUT2D eigenvalue weighted by Gasteiger charge is 2.52. The highest BCUT2D eigenvalue weighted by molar-refractivity contribution is 5.74. The van der Waals surface area contributed by atoms with Crippen LogP contribution in [0.15, 0.2) is 59.8 Å². The van der Waals surface area contributed by atoms with Crippen molar-refractivity contribution in [3.63, 3.8) is 0 Å². The van der Waals surface area contributed by atoms with Crippen LogP contribution in [0.5, 0.6) is 0 Å². The maximum Gasteiger partial charge on any atom is 0.304 e. The molecule has 1 aromatic carbocycles. The zero-order valence-electron chi connectivity index (χ0n) is 18.6. The minimum absolute atomic E-state index is 0.00729. The summed E-state index contributed by atoms with van der Waals surface area (Å²) >= 11 is 0. The first kappa shape index (κ1) is 22.3. The molecule has 3 atom stereocenters. The molecule has 3 N–H and O–H groups in total. The van der Waals surface area contributed by atoms with Crippen LogP contribution < -0.4 is 5.73 Å². The molecule has 4 rings (SSSR count). The average molecular weight is 440 g/mol. The molecule has 0 saturated heterocycles. The van der Waals surface area contributed by atoms with E-state index < -0.39 is 11.4 Å². The number of nitrogens with two attached hydrogens (primary N) is 1. The molecule has 0 amide bonds. The Morgan fingerprint density at radius 3 is 2.94 bits per heavy atom. The van der Waals surface area contributed by atoms with Gasteiger partial charge in [0.15, 0.2) is 0 Å². The number of carboxylic acids is 1. The molecule has 6 heteroatoms. The number of halogens is 1. The molecule has 0 radical (unpaired) electrons. The van der Waals surface area contributed by atoms with Crippen molar-refractivity contribution in [1.82, 2.24) is 0 Å². The summed E-state index contributed by atoms with van der Waals surface area (Å²) in [5.74, 6) is 0.859. The van der Waals surface area contributed by atoms with Gasteiger partial charge < -0.3 is 20.3 Å². The molecule has 0 spiro atoms. The molecule has 0 bridgehead atoms. The van der Waals surface area contributed by atoms with Gasteiger partial charge in [-0.25, -0.2) is 4.39 Å².